The highest BCUT2D eigenvalue weighted by atomic mass is 32.1. The van der Waals surface area contributed by atoms with E-state index in [-0.39, 0.29) is 5.91 Å². The van der Waals surface area contributed by atoms with Crippen LogP contribution in [0.1, 0.15) is 17.1 Å². The zero-order valence-corrected chi connectivity index (χ0v) is 9.06. The first kappa shape index (κ1) is 10.9. The number of aryl methyl sites for hydroxylation is 2. The topological polar surface area (TPSA) is 42.0 Å². The van der Waals surface area contributed by atoms with Crippen molar-refractivity contribution in [1.82, 2.24) is 10.3 Å². The number of rotatable bonds is 5. The van der Waals surface area contributed by atoms with Gasteiger partial charge in [-0.15, -0.1) is 17.9 Å². The van der Waals surface area contributed by atoms with Crippen LogP contribution in [0.5, 0.6) is 0 Å². The zero-order chi connectivity index (χ0) is 10.4. The summed E-state index contributed by atoms with van der Waals surface area (Å²) in [5, 5.41) is 5.77. The minimum Gasteiger partial charge on any atom is -0.353 e. The van der Waals surface area contributed by atoms with E-state index in [1.807, 2.05) is 12.3 Å². The van der Waals surface area contributed by atoms with E-state index in [0.717, 1.165) is 10.7 Å². The van der Waals surface area contributed by atoms with Crippen molar-refractivity contribution < 1.29 is 4.79 Å². The molecule has 0 radical (unpaired) electrons. The Morgan fingerprint density at radius 1 is 1.79 bits per heavy atom. The van der Waals surface area contributed by atoms with Crippen LogP contribution in [-0.4, -0.2) is 17.4 Å². The zero-order valence-electron chi connectivity index (χ0n) is 8.25. The van der Waals surface area contributed by atoms with E-state index in [4.69, 9.17) is 0 Å². The van der Waals surface area contributed by atoms with Crippen molar-refractivity contribution in [2.24, 2.45) is 0 Å². The number of carbonyl (C=O) groups excluding carboxylic acids is 1. The fourth-order valence-electron chi connectivity index (χ4n) is 1.04. The van der Waals surface area contributed by atoms with Gasteiger partial charge >= 0.3 is 0 Å². The van der Waals surface area contributed by atoms with Crippen molar-refractivity contribution in [2.75, 3.05) is 6.54 Å². The predicted octanol–water partition coefficient (Wildman–Crippen LogP) is 1.69. The Morgan fingerprint density at radius 3 is 3.14 bits per heavy atom. The maximum Gasteiger partial charge on any atom is 0.220 e. The molecule has 0 unspecified atom stereocenters. The highest BCUT2D eigenvalue weighted by Gasteiger charge is 2.02. The van der Waals surface area contributed by atoms with Gasteiger partial charge in [0.25, 0.3) is 0 Å². The van der Waals surface area contributed by atoms with Crippen molar-refractivity contribution in [1.29, 1.82) is 0 Å². The number of nitrogens with zero attached hydrogens (tertiary/aromatic N) is 1. The van der Waals surface area contributed by atoms with Gasteiger partial charge < -0.3 is 5.32 Å². The third-order valence-electron chi connectivity index (χ3n) is 1.72. The normalized spacial score (nSPS) is 9.79. The highest BCUT2D eigenvalue weighted by Crippen LogP contribution is 2.09. The van der Waals surface area contributed by atoms with Gasteiger partial charge in [0.1, 0.15) is 0 Å². The molecule has 4 heteroatoms. The molecule has 3 nitrogen and oxygen atoms in total. The highest BCUT2D eigenvalue weighted by molar-refractivity contribution is 7.09. The number of hydrogen-bond donors (Lipinski definition) is 1. The van der Waals surface area contributed by atoms with Gasteiger partial charge in [-0.2, -0.15) is 0 Å². The van der Waals surface area contributed by atoms with Gasteiger partial charge in [-0.05, 0) is 13.3 Å². The largest absolute Gasteiger partial charge is 0.353 e. The third kappa shape index (κ3) is 3.70. The van der Waals surface area contributed by atoms with Crippen molar-refractivity contribution in [3.05, 3.63) is 28.7 Å². The van der Waals surface area contributed by atoms with Gasteiger partial charge in [-0.1, -0.05) is 6.08 Å². The maximum absolute atomic E-state index is 11.2. The molecule has 0 spiro atoms. The fourth-order valence-corrected chi connectivity index (χ4v) is 1.69. The van der Waals surface area contributed by atoms with Crippen molar-refractivity contribution in [3.8, 4) is 0 Å². The second-order valence-electron chi connectivity index (χ2n) is 2.95. The molecule has 1 heterocycles. The molecule has 1 N–H and O–H groups in total. The van der Waals surface area contributed by atoms with Crippen molar-refractivity contribution >= 4 is 17.2 Å². The Morgan fingerprint density at radius 2 is 2.57 bits per heavy atom. The number of amides is 1. The number of hydrogen-bond acceptors (Lipinski definition) is 3. The second-order valence-corrected chi connectivity index (χ2v) is 4.01. The standard InChI is InChI=1S/C10H14N2OS/c1-3-6-11-10(13)5-4-9-7-14-8(2)12-9/h3,7H,1,4-6H2,2H3,(H,11,13). The Balaban J connectivity index is 2.26. The van der Waals surface area contributed by atoms with Crippen LogP contribution in [0.15, 0.2) is 18.0 Å². The summed E-state index contributed by atoms with van der Waals surface area (Å²) in [5.74, 6) is 0.0514. The van der Waals surface area contributed by atoms with Gasteiger partial charge in [-0.25, -0.2) is 4.98 Å². The van der Waals surface area contributed by atoms with Crippen molar-refractivity contribution in [2.45, 2.75) is 19.8 Å². The molecular weight excluding hydrogens is 196 g/mol. The molecule has 1 rings (SSSR count). The molecule has 0 aliphatic rings. The van der Waals surface area contributed by atoms with E-state index in [9.17, 15) is 4.79 Å². The predicted molar refractivity (Wildman–Crippen MR) is 58.4 cm³/mol. The first-order valence-corrected chi connectivity index (χ1v) is 5.39. The average Bonchev–Trinajstić information content (AvgIpc) is 2.58. The lowest BCUT2D eigenvalue weighted by Gasteiger charge is -1.99. The lowest BCUT2D eigenvalue weighted by atomic mass is 10.2. The number of thiazole rings is 1. The van der Waals surface area contributed by atoms with Crippen LogP contribution < -0.4 is 5.32 Å². The van der Waals surface area contributed by atoms with Gasteiger partial charge in [0.05, 0.1) is 10.7 Å². The van der Waals surface area contributed by atoms with Gasteiger partial charge in [0.15, 0.2) is 0 Å². The summed E-state index contributed by atoms with van der Waals surface area (Å²) in [6.45, 7) is 6.03. The van der Waals surface area contributed by atoms with Gasteiger partial charge in [-0.3, -0.25) is 4.79 Å². The Kier molecular flexibility index (Phi) is 4.32. The molecule has 76 valence electrons. The molecule has 1 aromatic heterocycles. The van der Waals surface area contributed by atoms with E-state index in [1.54, 1.807) is 17.4 Å². The minimum absolute atomic E-state index is 0.0514. The molecule has 0 aliphatic heterocycles. The SMILES string of the molecule is C=CCNC(=O)CCc1csc(C)n1. The molecule has 0 saturated heterocycles. The van der Waals surface area contributed by atoms with Crippen LogP contribution in [0.4, 0.5) is 0 Å². The number of nitrogens with one attached hydrogen (secondary N) is 1. The Labute approximate surface area is 87.9 Å². The molecule has 14 heavy (non-hydrogen) atoms. The van der Waals surface area contributed by atoms with E-state index in [2.05, 4.69) is 16.9 Å². The maximum atomic E-state index is 11.2. The van der Waals surface area contributed by atoms with Crippen LogP contribution >= 0.6 is 11.3 Å². The molecule has 0 saturated carbocycles. The second kappa shape index (κ2) is 5.54. The molecule has 1 amide bonds. The van der Waals surface area contributed by atoms with Crippen LogP contribution in [0.25, 0.3) is 0 Å². The molecule has 1 aromatic rings. The average molecular weight is 210 g/mol. The summed E-state index contributed by atoms with van der Waals surface area (Å²) < 4.78 is 0. The van der Waals surface area contributed by atoms with E-state index < -0.39 is 0 Å². The summed E-state index contributed by atoms with van der Waals surface area (Å²) in [4.78, 5) is 15.5. The van der Waals surface area contributed by atoms with E-state index >= 15 is 0 Å². The van der Waals surface area contributed by atoms with Gasteiger partial charge in [0, 0.05) is 18.3 Å². The third-order valence-corrected chi connectivity index (χ3v) is 2.54. The lowest BCUT2D eigenvalue weighted by molar-refractivity contribution is -0.120. The van der Waals surface area contributed by atoms with E-state index in [0.29, 0.717) is 19.4 Å². The fraction of sp³-hybridized carbons (Fsp3) is 0.400. The molecule has 0 aromatic carbocycles. The smallest absolute Gasteiger partial charge is 0.220 e. The van der Waals surface area contributed by atoms with Gasteiger partial charge in [0.2, 0.25) is 5.91 Å². The first-order valence-electron chi connectivity index (χ1n) is 4.51. The summed E-state index contributed by atoms with van der Waals surface area (Å²) in [6, 6.07) is 0. The van der Waals surface area contributed by atoms with Crippen LogP contribution in [0.2, 0.25) is 0 Å². The first-order chi connectivity index (χ1) is 6.72. The summed E-state index contributed by atoms with van der Waals surface area (Å²) in [7, 11) is 0. The summed E-state index contributed by atoms with van der Waals surface area (Å²) in [6.07, 6.45) is 2.88. The van der Waals surface area contributed by atoms with Crippen LogP contribution in [0, 0.1) is 6.92 Å². The molecule has 0 atom stereocenters. The summed E-state index contributed by atoms with van der Waals surface area (Å²) in [5.41, 5.74) is 1.00. The lowest BCUT2D eigenvalue weighted by Crippen LogP contribution is -2.23. The monoisotopic (exact) mass is 210 g/mol. The quantitative estimate of drug-likeness (QED) is 0.751. The Bertz CT molecular complexity index is 320. The molecule has 0 bridgehead atoms. The van der Waals surface area contributed by atoms with E-state index in [1.165, 1.54) is 0 Å². The number of carbonyl (C=O) groups is 1. The molecule has 0 fully saturated rings. The molecular formula is C10H14N2OS. The van der Waals surface area contributed by atoms with Crippen LogP contribution in [-0.2, 0) is 11.2 Å². The summed E-state index contributed by atoms with van der Waals surface area (Å²) >= 11 is 1.61. The van der Waals surface area contributed by atoms with Crippen molar-refractivity contribution in [3.63, 3.8) is 0 Å². The minimum atomic E-state index is 0.0514. The van der Waals surface area contributed by atoms with Crippen LogP contribution in [0.3, 0.4) is 0 Å². The Hall–Kier alpha value is -1.16. The molecule has 0 aliphatic carbocycles. The number of aromatic nitrogens is 1.